The fraction of sp³-hybridized carbons (Fsp3) is 0.696. The second kappa shape index (κ2) is 9.50. The number of likely N-dealkylation sites (N-methyl/N-ethyl adjacent to an activating group) is 1. The van der Waals surface area contributed by atoms with Crippen LogP contribution in [0.25, 0.3) is 0 Å². The van der Waals surface area contributed by atoms with Crippen LogP contribution in [-0.2, 0) is 14.4 Å². The van der Waals surface area contributed by atoms with E-state index in [0.29, 0.717) is 19.5 Å². The molecule has 1 spiro atoms. The lowest BCUT2D eigenvalue weighted by Gasteiger charge is -2.40. The van der Waals surface area contributed by atoms with E-state index in [1.54, 1.807) is 52.6 Å². The summed E-state index contributed by atoms with van der Waals surface area (Å²) >= 11 is 5.37. The number of halogens is 1. The Hall–Kier alpha value is -1.32. The maximum Gasteiger partial charge on any atom is 0.247 e. The van der Waals surface area contributed by atoms with Crippen LogP contribution in [-0.4, -0.2) is 97.2 Å². The first-order valence-corrected chi connectivity index (χ1v) is 12.9. The van der Waals surface area contributed by atoms with E-state index in [-0.39, 0.29) is 40.4 Å². The van der Waals surface area contributed by atoms with Crippen molar-refractivity contribution in [3.05, 3.63) is 25.3 Å². The fourth-order valence-electron chi connectivity index (χ4n) is 5.58. The number of fused-ring (bicyclic) bond motifs is 1. The Morgan fingerprint density at radius 1 is 1.28 bits per heavy atom. The SMILES string of the molecule is C=CCN(C)C(=O)[C@H]1[C@@H]2SC3(CC2Br)C(C(=O)N(CC=C)C(C)C)N([C@H](C)CO)C(=O)[C@H]13. The summed E-state index contributed by atoms with van der Waals surface area (Å²) in [5.74, 6) is -1.55. The minimum atomic E-state index is -0.734. The van der Waals surface area contributed by atoms with E-state index in [9.17, 15) is 19.5 Å². The van der Waals surface area contributed by atoms with Crippen molar-refractivity contribution in [1.82, 2.24) is 14.7 Å². The molecule has 0 aromatic carbocycles. The van der Waals surface area contributed by atoms with Crippen molar-refractivity contribution in [1.29, 1.82) is 0 Å². The third-order valence-corrected chi connectivity index (χ3v) is 10.2. The standard InChI is InChI=1S/C23H34BrN3O4S/c1-7-9-25(6)20(29)16-17-21(30)27(14(5)12-28)19(22(31)26(10-8-2)13(3)4)23(17)11-15(24)18(16)32-23/h7-8,13-19,28H,1-2,9-12H2,3-6H3/t14-,15?,16-,17+,18-,19?,23?/m1/s1. The Kier molecular flexibility index (Phi) is 7.52. The van der Waals surface area contributed by atoms with Gasteiger partial charge in [0.1, 0.15) is 6.04 Å². The summed E-state index contributed by atoms with van der Waals surface area (Å²) in [6.07, 6.45) is 3.98. The quantitative estimate of drug-likeness (QED) is 0.365. The van der Waals surface area contributed by atoms with E-state index in [1.807, 2.05) is 13.8 Å². The van der Waals surface area contributed by atoms with Crippen LogP contribution < -0.4 is 0 Å². The lowest BCUT2D eigenvalue weighted by molar-refractivity contribution is -0.147. The highest BCUT2D eigenvalue weighted by molar-refractivity contribution is 9.09. The molecule has 3 fully saturated rings. The molecule has 7 nitrogen and oxygen atoms in total. The van der Waals surface area contributed by atoms with Crippen LogP contribution in [0.2, 0.25) is 0 Å². The van der Waals surface area contributed by atoms with Crippen molar-refractivity contribution in [2.75, 3.05) is 26.7 Å². The number of hydrogen-bond acceptors (Lipinski definition) is 5. The van der Waals surface area contributed by atoms with Crippen LogP contribution in [0.4, 0.5) is 0 Å². The molecule has 32 heavy (non-hydrogen) atoms. The Labute approximate surface area is 203 Å². The average Bonchev–Trinajstić information content (AvgIpc) is 3.33. The maximum absolute atomic E-state index is 14.0. The van der Waals surface area contributed by atoms with Gasteiger partial charge in [0.25, 0.3) is 0 Å². The molecule has 3 unspecified atom stereocenters. The molecule has 0 radical (unpaired) electrons. The molecule has 0 aromatic heterocycles. The predicted octanol–water partition coefficient (Wildman–Crippen LogP) is 1.90. The van der Waals surface area contributed by atoms with Crippen LogP contribution in [0.3, 0.4) is 0 Å². The minimum Gasteiger partial charge on any atom is -0.394 e. The molecular weight excluding hydrogens is 494 g/mol. The number of hydrogen-bond donors (Lipinski definition) is 1. The normalized spacial score (nSPS) is 33.9. The van der Waals surface area contributed by atoms with Crippen LogP contribution in [0.1, 0.15) is 27.2 Å². The number of aliphatic hydroxyl groups is 1. The van der Waals surface area contributed by atoms with Gasteiger partial charge in [-0.25, -0.2) is 0 Å². The Balaban J connectivity index is 2.11. The molecule has 178 valence electrons. The molecule has 3 aliphatic rings. The first-order chi connectivity index (χ1) is 15.1. The number of aliphatic hydroxyl groups excluding tert-OH is 1. The van der Waals surface area contributed by atoms with Gasteiger partial charge in [-0.1, -0.05) is 28.1 Å². The number of alkyl halides is 1. The lowest BCUT2D eigenvalue weighted by atomic mass is 9.70. The molecule has 3 rings (SSSR count). The summed E-state index contributed by atoms with van der Waals surface area (Å²) in [7, 11) is 1.72. The molecule has 3 heterocycles. The number of nitrogens with zero attached hydrogens (tertiary/aromatic N) is 3. The summed E-state index contributed by atoms with van der Waals surface area (Å²) in [4.78, 5) is 46.2. The van der Waals surface area contributed by atoms with Crippen molar-refractivity contribution in [2.24, 2.45) is 11.8 Å². The lowest BCUT2D eigenvalue weighted by Crippen LogP contribution is -2.58. The number of likely N-dealkylation sites (tertiary alicyclic amines) is 1. The fourth-order valence-corrected chi connectivity index (χ4v) is 9.17. The molecule has 3 amide bonds. The number of carbonyl (C=O) groups excluding carboxylic acids is 3. The van der Waals surface area contributed by atoms with Gasteiger partial charge in [0, 0.05) is 36.3 Å². The molecule has 1 N–H and O–H groups in total. The highest BCUT2D eigenvalue weighted by Gasteiger charge is 2.76. The number of rotatable bonds is 9. The van der Waals surface area contributed by atoms with E-state index in [2.05, 4.69) is 29.1 Å². The van der Waals surface area contributed by atoms with Gasteiger partial charge in [0.05, 0.1) is 29.2 Å². The summed E-state index contributed by atoms with van der Waals surface area (Å²) in [6.45, 7) is 13.7. The van der Waals surface area contributed by atoms with E-state index in [1.165, 1.54) is 0 Å². The van der Waals surface area contributed by atoms with Crippen LogP contribution >= 0.6 is 27.7 Å². The van der Waals surface area contributed by atoms with Crippen molar-refractivity contribution >= 4 is 45.4 Å². The van der Waals surface area contributed by atoms with Crippen LogP contribution in [0, 0.1) is 11.8 Å². The van der Waals surface area contributed by atoms with Crippen molar-refractivity contribution in [3.8, 4) is 0 Å². The molecule has 3 aliphatic heterocycles. The predicted molar refractivity (Wildman–Crippen MR) is 130 cm³/mol. The van der Waals surface area contributed by atoms with E-state index in [0.717, 1.165) is 0 Å². The highest BCUT2D eigenvalue weighted by atomic mass is 79.9. The van der Waals surface area contributed by atoms with E-state index in [4.69, 9.17) is 0 Å². The van der Waals surface area contributed by atoms with Gasteiger partial charge in [-0.15, -0.1) is 24.9 Å². The molecule has 0 saturated carbocycles. The van der Waals surface area contributed by atoms with Gasteiger partial charge in [-0.2, -0.15) is 0 Å². The first-order valence-electron chi connectivity index (χ1n) is 11.1. The zero-order valence-corrected chi connectivity index (χ0v) is 21.6. The Bertz CT molecular complexity index is 808. The summed E-state index contributed by atoms with van der Waals surface area (Å²) in [5.41, 5.74) is 0. The molecule has 3 saturated heterocycles. The van der Waals surface area contributed by atoms with Gasteiger partial charge < -0.3 is 19.8 Å². The average molecular weight is 529 g/mol. The van der Waals surface area contributed by atoms with Crippen molar-refractivity contribution in [3.63, 3.8) is 0 Å². The minimum absolute atomic E-state index is 0.0224. The number of carbonyl (C=O) groups is 3. The molecule has 2 bridgehead atoms. The van der Waals surface area contributed by atoms with E-state index >= 15 is 0 Å². The molecular formula is C23H34BrN3O4S. The molecule has 0 aliphatic carbocycles. The topological polar surface area (TPSA) is 81.2 Å². The second-order valence-electron chi connectivity index (χ2n) is 9.32. The zero-order chi connectivity index (χ0) is 24.0. The molecule has 0 aromatic rings. The van der Waals surface area contributed by atoms with Crippen molar-refractivity contribution < 1.29 is 19.5 Å². The third kappa shape index (κ3) is 3.74. The first kappa shape index (κ1) is 25.3. The maximum atomic E-state index is 14.0. The van der Waals surface area contributed by atoms with Crippen LogP contribution in [0.15, 0.2) is 25.3 Å². The smallest absolute Gasteiger partial charge is 0.247 e. The van der Waals surface area contributed by atoms with Crippen LogP contribution in [0.5, 0.6) is 0 Å². The monoisotopic (exact) mass is 527 g/mol. The summed E-state index contributed by atoms with van der Waals surface area (Å²) in [6, 6.07) is -1.33. The van der Waals surface area contributed by atoms with Gasteiger partial charge in [0.15, 0.2) is 0 Å². The van der Waals surface area contributed by atoms with E-state index < -0.39 is 28.7 Å². The van der Waals surface area contributed by atoms with Gasteiger partial charge >= 0.3 is 0 Å². The molecule has 7 atom stereocenters. The third-order valence-electron chi connectivity index (χ3n) is 7.00. The zero-order valence-electron chi connectivity index (χ0n) is 19.2. The Morgan fingerprint density at radius 3 is 2.44 bits per heavy atom. The largest absolute Gasteiger partial charge is 0.394 e. The number of thioether (sulfide) groups is 1. The second-order valence-corrected chi connectivity index (χ2v) is 12.0. The number of amides is 3. The highest BCUT2D eigenvalue weighted by Crippen LogP contribution is 2.68. The van der Waals surface area contributed by atoms with Crippen molar-refractivity contribution in [2.45, 2.75) is 60.1 Å². The van der Waals surface area contributed by atoms with Gasteiger partial charge in [0.2, 0.25) is 17.7 Å². The molecule has 9 heteroatoms. The van der Waals surface area contributed by atoms with Gasteiger partial charge in [-0.05, 0) is 27.2 Å². The summed E-state index contributed by atoms with van der Waals surface area (Å²) in [5, 5.41) is 9.86. The van der Waals surface area contributed by atoms with Gasteiger partial charge in [-0.3, -0.25) is 14.4 Å². The summed E-state index contributed by atoms with van der Waals surface area (Å²) < 4.78 is -0.708. The Morgan fingerprint density at radius 2 is 1.91 bits per heavy atom.